The molecule has 0 aliphatic rings. The van der Waals surface area contributed by atoms with Gasteiger partial charge < -0.3 is 10.2 Å². The van der Waals surface area contributed by atoms with Crippen LogP contribution in [0.1, 0.15) is 30.0 Å². The molecule has 0 atom stereocenters. The van der Waals surface area contributed by atoms with Gasteiger partial charge in [-0.3, -0.25) is 0 Å². The molecule has 0 aliphatic heterocycles. The summed E-state index contributed by atoms with van der Waals surface area (Å²) in [6.07, 6.45) is 2.94. The van der Waals surface area contributed by atoms with Crippen LogP contribution in [0.15, 0.2) is 30.5 Å². The monoisotopic (exact) mass is 284 g/mol. The standard InChI is InChI=1S/C17H24N4/c1-5-9-18-17-19-11-14(3)16(20-17)21(4)12-15-8-6-7-13(2)10-15/h6-8,10-11H,5,9,12H2,1-4H3,(H,18,19,20). The second kappa shape index (κ2) is 7.07. The normalized spacial score (nSPS) is 10.5. The van der Waals surface area contributed by atoms with E-state index in [1.807, 2.05) is 13.1 Å². The van der Waals surface area contributed by atoms with Crippen molar-refractivity contribution >= 4 is 11.8 Å². The molecule has 21 heavy (non-hydrogen) atoms. The van der Waals surface area contributed by atoms with E-state index in [1.165, 1.54) is 11.1 Å². The molecule has 0 amide bonds. The molecule has 2 aromatic rings. The highest BCUT2D eigenvalue weighted by Crippen LogP contribution is 2.19. The van der Waals surface area contributed by atoms with Crippen molar-refractivity contribution in [1.82, 2.24) is 9.97 Å². The zero-order valence-electron chi connectivity index (χ0n) is 13.3. The highest BCUT2D eigenvalue weighted by atomic mass is 15.2. The molecule has 4 nitrogen and oxygen atoms in total. The van der Waals surface area contributed by atoms with Crippen LogP contribution in [0.5, 0.6) is 0 Å². The third-order valence-corrected chi connectivity index (χ3v) is 3.34. The highest BCUT2D eigenvalue weighted by Gasteiger charge is 2.09. The van der Waals surface area contributed by atoms with Gasteiger partial charge in [-0.25, -0.2) is 4.98 Å². The lowest BCUT2D eigenvalue weighted by atomic mass is 10.1. The van der Waals surface area contributed by atoms with Gasteiger partial charge in [-0.1, -0.05) is 36.8 Å². The maximum absolute atomic E-state index is 4.63. The molecule has 1 heterocycles. The van der Waals surface area contributed by atoms with E-state index < -0.39 is 0 Å². The summed E-state index contributed by atoms with van der Waals surface area (Å²) in [5, 5.41) is 3.24. The highest BCUT2D eigenvalue weighted by molar-refractivity contribution is 5.48. The molecule has 4 heteroatoms. The molecule has 1 aromatic heterocycles. The van der Waals surface area contributed by atoms with Crippen LogP contribution >= 0.6 is 0 Å². The lowest BCUT2D eigenvalue weighted by molar-refractivity contribution is 0.875. The van der Waals surface area contributed by atoms with Gasteiger partial charge in [0.2, 0.25) is 5.95 Å². The SMILES string of the molecule is CCCNc1ncc(C)c(N(C)Cc2cccc(C)c2)n1. The van der Waals surface area contributed by atoms with Crippen molar-refractivity contribution in [2.45, 2.75) is 33.7 Å². The number of nitrogens with zero attached hydrogens (tertiary/aromatic N) is 3. The van der Waals surface area contributed by atoms with Crippen molar-refractivity contribution in [3.63, 3.8) is 0 Å². The van der Waals surface area contributed by atoms with E-state index in [1.54, 1.807) is 0 Å². The summed E-state index contributed by atoms with van der Waals surface area (Å²) in [4.78, 5) is 11.1. The average molecular weight is 284 g/mol. The lowest BCUT2D eigenvalue weighted by Gasteiger charge is -2.21. The van der Waals surface area contributed by atoms with Gasteiger partial charge >= 0.3 is 0 Å². The van der Waals surface area contributed by atoms with Gasteiger partial charge in [-0.05, 0) is 25.8 Å². The Balaban J connectivity index is 2.15. The molecule has 0 unspecified atom stereocenters. The third kappa shape index (κ3) is 4.18. The van der Waals surface area contributed by atoms with Gasteiger partial charge in [0.25, 0.3) is 0 Å². The summed E-state index contributed by atoms with van der Waals surface area (Å²) < 4.78 is 0. The van der Waals surface area contributed by atoms with E-state index in [9.17, 15) is 0 Å². The topological polar surface area (TPSA) is 41.1 Å². The van der Waals surface area contributed by atoms with Crippen molar-refractivity contribution < 1.29 is 0 Å². The third-order valence-electron chi connectivity index (χ3n) is 3.34. The number of aryl methyl sites for hydroxylation is 2. The van der Waals surface area contributed by atoms with E-state index in [-0.39, 0.29) is 0 Å². The average Bonchev–Trinajstić information content (AvgIpc) is 2.46. The van der Waals surface area contributed by atoms with Crippen LogP contribution < -0.4 is 10.2 Å². The zero-order chi connectivity index (χ0) is 15.2. The molecule has 2 rings (SSSR count). The summed E-state index contributed by atoms with van der Waals surface area (Å²) in [5.74, 6) is 1.68. The van der Waals surface area contributed by atoms with Crippen molar-refractivity contribution in [3.8, 4) is 0 Å². The number of rotatable bonds is 6. The number of aromatic nitrogens is 2. The molecule has 0 radical (unpaired) electrons. The number of hydrogen-bond acceptors (Lipinski definition) is 4. The molecular formula is C17H24N4. The maximum Gasteiger partial charge on any atom is 0.224 e. The Kier molecular flexibility index (Phi) is 5.14. The summed E-state index contributed by atoms with van der Waals surface area (Å²) in [6, 6.07) is 8.57. The smallest absolute Gasteiger partial charge is 0.224 e. The number of benzene rings is 1. The van der Waals surface area contributed by atoms with Crippen LogP contribution in [0.25, 0.3) is 0 Å². The fourth-order valence-electron chi connectivity index (χ4n) is 2.30. The predicted molar refractivity (Wildman–Crippen MR) is 88.8 cm³/mol. The molecule has 0 spiro atoms. The zero-order valence-corrected chi connectivity index (χ0v) is 13.3. The van der Waals surface area contributed by atoms with E-state index >= 15 is 0 Å². The number of nitrogens with one attached hydrogen (secondary N) is 1. The number of hydrogen-bond donors (Lipinski definition) is 1. The van der Waals surface area contributed by atoms with Gasteiger partial charge in [0, 0.05) is 31.9 Å². The van der Waals surface area contributed by atoms with Gasteiger partial charge in [0.15, 0.2) is 0 Å². The molecule has 0 saturated carbocycles. The molecule has 0 fully saturated rings. The van der Waals surface area contributed by atoms with Crippen molar-refractivity contribution in [2.75, 3.05) is 23.8 Å². The maximum atomic E-state index is 4.63. The largest absolute Gasteiger partial charge is 0.355 e. The predicted octanol–water partition coefficient (Wildman–Crippen LogP) is 3.55. The van der Waals surface area contributed by atoms with Crippen molar-refractivity contribution in [2.24, 2.45) is 0 Å². The van der Waals surface area contributed by atoms with Crippen molar-refractivity contribution in [1.29, 1.82) is 0 Å². The van der Waals surface area contributed by atoms with Crippen LogP contribution in [-0.4, -0.2) is 23.6 Å². The Morgan fingerprint density at radius 3 is 2.76 bits per heavy atom. The Hall–Kier alpha value is -2.10. The first-order chi connectivity index (χ1) is 10.1. The first-order valence-corrected chi connectivity index (χ1v) is 7.44. The summed E-state index contributed by atoms with van der Waals surface area (Å²) in [7, 11) is 2.07. The first-order valence-electron chi connectivity index (χ1n) is 7.44. The van der Waals surface area contributed by atoms with E-state index in [4.69, 9.17) is 0 Å². The summed E-state index contributed by atoms with van der Waals surface area (Å²) in [6.45, 7) is 8.03. The van der Waals surface area contributed by atoms with Crippen LogP contribution in [0.3, 0.4) is 0 Å². The van der Waals surface area contributed by atoms with Crippen LogP contribution in [-0.2, 0) is 6.54 Å². The van der Waals surface area contributed by atoms with Crippen LogP contribution in [0.4, 0.5) is 11.8 Å². The molecule has 1 N–H and O–H groups in total. The Morgan fingerprint density at radius 1 is 1.24 bits per heavy atom. The van der Waals surface area contributed by atoms with Gasteiger partial charge in [-0.15, -0.1) is 0 Å². The summed E-state index contributed by atoms with van der Waals surface area (Å²) >= 11 is 0. The van der Waals surface area contributed by atoms with Crippen LogP contribution in [0, 0.1) is 13.8 Å². The minimum Gasteiger partial charge on any atom is -0.355 e. The fraction of sp³-hybridized carbons (Fsp3) is 0.412. The minimum atomic E-state index is 0.702. The van der Waals surface area contributed by atoms with E-state index in [0.29, 0.717) is 5.95 Å². The molecule has 1 aromatic carbocycles. The minimum absolute atomic E-state index is 0.702. The number of anilines is 2. The molecule has 0 bridgehead atoms. The van der Waals surface area contributed by atoms with Gasteiger partial charge in [0.1, 0.15) is 5.82 Å². The van der Waals surface area contributed by atoms with Gasteiger partial charge in [-0.2, -0.15) is 4.98 Å². The molecule has 112 valence electrons. The van der Waals surface area contributed by atoms with Crippen LogP contribution in [0.2, 0.25) is 0 Å². The lowest BCUT2D eigenvalue weighted by Crippen LogP contribution is -2.20. The quantitative estimate of drug-likeness (QED) is 0.880. The Morgan fingerprint density at radius 2 is 2.05 bits per heavy atom. The Bertz CT molecular complexity index is 595. The second-order valence-corrected chi connectivity index (χ2v) is 5.47. The first kappa shape index (κ1) is 15.3. The summed E-state index contributed by atoms with van der Waals surface area (Å²) in [5.41, 5.74) is 3.66. The van der Waals surface area contributed by atoms with E-state index in [0.717, 1.165) is 30.9 Å². The molecular weight excluding hydrogens is 260 g/mol. The Labute approximate surface area is 127 Å². The molecule has 0 aliphatic carbocycles. The molecule has 0 saturated heterocycles. The van der Waals surface area contributed by atoms with Gasteiger partial charge in [0.05, 0.1) is 0 Å². The second-order valence-electron chi connectivity index (χ2n) is 5.47. The van der Waals surface area contributed by atoms with Crippen molar-refractivity contribution in [3.05, 3.63) is 47.2 Å². The fourth-order valence-corrected chi connectivity index (χ4v) is 2.30. The van der Waals surface area contributed by atoms with E-state index in [2.05, 4.69) is 65.3 Å².